The maximum Gasteiger partial charge on any atom is 0.239 e. The van der Waals surface area contributed by atoms with Gasteiger partial charge in [-0.25, -0.2) is 0 Å². The molecule has 1 saturated heterocycles. The van der Waals surface area contributed by atoms with Gasteiger partial charge in [0.15, 0.2) is 0 Å². The third-order valence-electron chi connectivity index (χ3n) is 4.14. The third kappa shape index (κ3) is 4.07. The number of amides is 1. The molecule has 3 heteroatoms. The summed E-state index contributed by atoms with van der Waals surface area (Å²) in [6, 6.07) is 9.62. The highest BCUT2D eigenvalue weighted by Crippen LogP contribution is 2.21. The van der Waals surface area contributed by atoms with E-state index in [1.54, 1.807) is 0 Å². The lowest BCUT2D eigenvalue weighted by molar-refractivity contribution is -0.134. The summed E-state index contributed by atoms with van der Waals surface area (Å²) in [7, 11) is 0. The summed E-state index contributed by atoms with van der Waals surface area (Å²) in [5, 5.41) is 0. The summed E-state index contributed by atoms with van der Waals surface area (Å²) < 4.78 is 0. The van der Waals surface area contributed by atoms with Gasteiger partial charge in [0, 0.05) is 13.1 Å². The van der Waals surface area contributed by atoms with Gasteiger partial charge in [-0.15, -0.1) is 0 Å². The van der Waals surface area contributed by atoms with Crippen molar-refractivity contribution in [3.63, 3.8) is 0 Å². The van der Waals surface area contributed by atoms with Crippen molar-refractivity contribution >= 4 is 5.91 Å². The van der Waals surface area contributed by atoms with Crippen LogP contribution in [0.25, 0.3) is 0 Å². The van der Waals surface area contributed by atoms with Gasteiger partial charge in [-0.05, 0) is 37.2 Å². The van der Waals surface area contributed by atoms with Crippen LogP contribution in [0.15, 0.2) is 30.3 Å². The molecule has 2 rings (SSSR count). The van der Waals surface area contributed by atoms with Gasteiger partial charge in [0.25, 0.3) is 0 Å². The lowest BCUT2D eigenvalue weighted by atomic mass is 9.93. The molecule has 0 aromatic heterocycles. The number of carbonyl (C=O) groups excluding carboxylic acids is 1. The summed E-state index contributed by atoms with van der Waals surface area (Å²) in [6.45, 7) is 3.98. The highest BCUT2D eigenvalue weighted by molar-refractivity contribution is 5.82. The van der Waals surface area contributed by atoms with E-state index in [0.29, 0.717) is 12.3 Å². The molecule has 3 nitrogen and oxygen atoms in total. The Morgan fingerprint density at radius 2 is 2.15 bits per heavy atom. The molecule has 110 valence electrons. The molecular weight excluding hydrogens is 248 g/mol. The largest absolute Gasteiger partial charge is 0.341 e. The fourth-order valence-corrected chi connectivity index (χ4v) is 3.10. The second kappa shape index (κ2) is 7.44. The van der Waals surface area contributed by atoms with Gasteiger partial charge in [-0.3, -0.25) is 4.79 Å². The van der Waals surface area contributed by atoms with E-state index < -0.39 is 6.04 Å². The molecule has 1 amide bonds. The van der Waals surface area contributed by atoms with E-state index in [9.17, 15) is 4.79 Å². The topological polar surface area (TPSA) is 46.3 Å². The molecule has 0 spiro atoms. The molecule has 1 aliphatic heterocycles. The summed E-state index contributed by atoms with van der Waals surface area (Å²) in [6.07, 6.45) is 5.43. The first-order chi connectivity index (χ1) is 9.70. The number of hydrogen-bond donors (Lipinski definition) is 1. The molecule has 2 N–H and O–H groups in total. The molecular formula is C17H26N2O. The van der Waals surface area contributed by atoms with Crippen LogP contribution in [0.1, 0.15) is 38.2 Å². The van der Waals surface area contributed by atoms with E-state index in [4.69, 9.17) is 5.73 Å². The Hall–Kier alpha value is -1.35. The first-order valence-corrected chi connectivity index (χ1v) is 7.79. The number of rotatable bonds is 5. The van der Waals surface area contributed by atoms with Crippen LogP contribution >= 0.6 is 0 Å². The van der Waals surface area contributed by atoms with Crippen molar-refractivity contribution in [2.75, 3.05) is 13.1 Å². The van der Waals surface area contributed by atoms with Crippen LogP contribution in [0.3, 0.4) is 0 Å². The number of piperidine rings is 1. The monoisotopic (exact) mass is 274 g/mol. The second-order valence-electron chi connectivity index (χ2n) is 5.88. The summed E-state index contributed by atoms with van der Waals surface area (Å²) in [5.41, 5.74) is 7.24. The van der Waals surface area contributed by atoms with Crippen molar-refractivity contribution in [2.45, 2.75) is 45.1 Å². The summed E-state index contributed by atoms with van der Waals surface area (Å²) in [4.78, 5) is 14.4. The van der Waals surface area contributed by atoms with E-state index in [-0.39, 0.29) is 5.91 Å². The fraction of sp³-hybridized carbons (Fsp3) is 0.588. The lowest BCUT2D eigenvalue weighted by Gasteiger charge is -2.34. The molecule has 0 aliphatic carbocycles. The van der Waals surface area contributed by atoms with Crippen LogP contribution in [-0.4, -0.2) is 29.9 Å². The zero-order chi connectivity index (χ0) is 14.4. The molecule has 0 radical (unpaired) electrons. The zero-order valence-corrected chi connectivity index (χ0v) is 12.4. The summed E-state index contributed by atoms with van der Waals surface area (Å²) in [5.74, 6) is 0.788. The van der Waals surface area contributed by atoms with Crippen molar-refractivity contribution in [3.8, 4) is 0 Å². The number of likely N-dealkylation sites (tertiary alicyclic amines) is 1. The van der Waals surface area contributed by atoms with Gasteiger partial charge < -0.3 is 10.6 Å². The molecule has 20 heavy (non-hydrogen) atoms. The first-order valence-electron chi connectivity index (χ1n) is 7.79. The van der Waals surface area contributed by atoms with Crippen LogP contribution in [-0.2, 0) is 11.2 Å². The molecule has 1 heterocycles. The standard InChI is InChI=1S/C17H26N2O/c1-2-7-15-10-6-11-19(13-15)17(20)16(18)12-14-8-4-3-5-9-14/h3-5,8-9,15-16H,2,6-7,10-13,18H2,1H3/t15?,16-/m0/s1. The Kier molecular flexibility index (Phi) is 5.60. The minimum absolute atomic E-state index is 0.120. The molecule has 1 fully saturated rings. The van der Waals surface area contributed by atoms with Crippen LogP contribution in [0.2, 0.25) is 0 Å². The first kappa shape index (κ1) is 15.0. The predicted octanol–water partition coefficient (Wildman–Crippen LogP) is 2.60. The molecule has 1 aromatic carbocycles. The molecule has 0 saturated carbocycles. The predicted molar refractivity (Wildman–Crippen MR) is 82.3 cm³/mol. The Labute approximate surface area is 122 Å². The van der Waals surface area contributed by atoms with Crippen LogP contribution in [0.4, 0.5) is 0 Å². The fourth-order valence-electron chi connectivity index (χ4n) is 3.10. The Morgan fingerprint density at radius 1 is 1.40 bits per heavy atom. The number of nitrogens with two attached hydrogens (primary N) is 1. The lowest BCUT2D eigenvalue weighted by Crippen LogP contribution is -2.48. The number of nitrogens with zero attached hydrogens (tertiary/aromatic N) is 1. The number of carbonyl (C=O) groups is 1. The van der Waals surface area contributed by atoms with Crippen molar-refractivity contribution in [2.24, 2.45) is 11.7 Å². The van der Waals surface area contributed by atoms with Crippen molar-refractivity contribution in [1.82, 2.24) is 4.90 Å². The molecule has 0 bridgehead atoms. The SMILES string of the molecule is CCCC1CCCN(C(=O)[C@@H](N)Cc2ccccc2)C1. The van der Waals surface area contributed by atoms with Gasteiger partial charge in [0.1, 0.15) is 0 Å². The Bertz CT molecular complexity index is 416. The Balaban J connectivity index is 1.89. The average Bonchev–Trinajstić information content (AvgIpc) is 2.48. The van der Waals surface area contributed by atoms with E-state index in [1.165, 1.54) is 19.3 Å². The molecule has 1 aliphatic rings. The highest BCUT2D eigenvalue weighted by atomic mass is 16.2. The quantitative estimate of drug-likeness (QED) is 0.897. The highest BCUT2D eigenvalue weighted by Gasteiger charge is 2.26. The number of benzene rings is 1. The number of hydrogen-bond acceptors (Lipinski definition) is 2. The minimum Gasteiger partial charge on any atom is -0.341 e. The maximum atomic E-state index is 12.5. The average molecular weight is 274 g/mol. The van der Waals surface area contributed by atoms with E-state index >= 15 is 0 Å². The third-order valence-corrected chi connectivity index (χ3v) is 4.14. The maximum absolute atomic E-state index is 12.5. The Morgan fingerprint density at radius 3 is 2.85 bits per heavy atom. The van der Waals surface area contributed by atoms with Crippen molar-refractivity contribution < 1.29 is 4.79 Å². The van der Waals surface area contributed by atoms with Gasteiger partial charge >= 0.3 is 0 Å². The zero-order valence-electron chi connectivity index (χ0n) is 12.4. The normalized spacial score (nSPS) is 20.7. The van der Waals surface area contributed by atoms with Gasteiger partial charge in [-0.1, -0.05) is 43.7 Å². The van der Waals surface area contributed by atoms with Gasteiger partial charge in [-0.2, -0.15) is 0 Å². The van der Waals surface area contributed by atoms with Crippen LogP contribution in [0, 0.1) is 5.92 Å². The van der Waals surface area contributed by atoms with Gasteiger partial charge in [0.05, 0.1) is 6.04 Å². The molecule has 1 aromatic rings. The molecule has 1 unspecified atom stereocenters. The van der Waals surface area contributed by atoms with Gasteiger partial charge in [0.2, 0.25) is 5.91 Å². The minimum atomic E-state index is -0.405. The molecule has 2 atom stereocenters. The van der Waals surface area contributed by atoms with E-state index in [1.807, 2.05) is 35.2 Å². The van der Waals surface area contributed by atoms with Crippen LogP contribution < -0.4 is 5.73 Å². The summed E-state index contributed by atoms with van der Waals surface area (Å²) >= 11 is 0. The second-order valence-corrected chi connectivity index (χ2v) is 5.88. The van der Waals surface area contributed by atoms with Crippen molar-refractivity contribution in [3.05, 3.63) is 35.9 Å². The smallest absolute Gasteiger partial charge is 0.239 e. The van der Waals surface area contributed by atoms with E-state index in [2.05, 4.69) is 6.92 Å². The van der Waals surface area contributed by atoms with Crippen LogP contribution in [0.5, 0.6) is 0 Å². The van der Waals surface area contributed by atoms with E-state index in [0.717, 1.165) is 25.1 Å². The van der Waals surface area contributed by atoms with Crippen molar-refractivity contribution in [1.29, 1.82) is 0 Å².